The summed E-state index contributed by atoms with van der Waals surface area (Å²) in [7, 11) is 0. The van der Waals surface area contributed by atoms with Gasteiger partial charge in [0.15, 0.2) is 0 Å². The van der Waals surface area contributed by atoms with E-state index >= 15 is 0 Å². The molecule has 2 saturated heterocycles. The molecule has 1 aromatic rings. The first-order chi connectivity index (χ1) is 12.5. The van der Waals surface area contributed by atoms with Crippen molar-refractivity contribution in [2.45, 2.75) is 32.6 Å². The number of carboxylic acid groups (broad SMARTS) is 1. The Morgan fingerprint density at radius 3 is 2.15 bits per heavy atom. The molecular weight excluding hydrogens is 332 g/mol. The number of nitrogens with zero attached hydrogens (tertiary/aromatic N) is 2. The van der Waals surface area contributed by atoms with Crippen LogP contribution in [-0.2, 0) is 9.59 Å². The molecule has 1 N–H and O–H groups in total. The van der Waals surface area contributed by atoms with Gasteiger partial charge in [0.05, 0.1) is 11.8 Å². The van der Waals surface area contributed by atoms with Gasteiger partial charge in [0, 0.05) is 31.7 Å². The molecule has 6 heteroatoms. The van der Waals surface area contributed by atoms with Crippen LogP contribution in [0.5, 0.6) is 0 Å². The van der Waals surface area contributed by atoms with Gasteiger partial charge in [-0.15, -0.1) is 0 Å². The SMILES string of the molecule is Cc1ccc(C(=O)N2CCCC(C(=O)N3CCC[C@H](C(=O)O)C3)C2)cc1. The van der Waals surface area contributed by atoms with E-state index < -0.39 is 11.9 Å². The average molecular weight is 358 g/mol. The summed E-state index contributed by atoms with van der Waals surface area (Å²) in [6, 6.07) is 7.48. The Labute approximate surface area is 153 Å². The number of hydrogen-bond donors (Lipinski definition) is 1. The van der Waals surface area contributed by atoms with Crippen LogP contribution in [-0.4, -0.2) is 58.9 Å². The van der Waals surface area contributed by atoms with Gasteiger partial charge in [-0.25, -0.2) is 0 Å². The van der Waals surface area contributed by atoms with E-state index in [0.29, 0.717) is 31.6 Å². The van der Waals surface area contributed by atoms with Crippen molar-refractivity contribution in [2.24, 2.45) is 11.8 Å². The van der Waals surface area contributed by atoms with E-state index in [-0.39, 0.29) is 24.3 Å². The van der Waals surface area contributed by atoms with Gasteiger partial charge in [0.1, 0.15) is 0 Å². The predicted octanol–water partition coefficient (Wildman–Crippen LogP) is 2.17. The molecule has 1 aromatic carbocycles. The summed E-state index contributed by atoms with van der Waals surface area (Å²) in [4.78, 5) is 40.3. The van der Waals surface area contributed by atoms with Crippen LogP contribution in [0.3, 0.4) is 0 Å². The molecule has 3 rings (SSSR count). The minimum absolute atomic E-state index is 0.00245. The van der Waals surface area contributed by atoms with Crippen LogP contribution in [0.4, 0.5) is 0 Å². The minimum Gasteiger partial charge on any atom is -0.481 e. The quantitative estimate of drug-likeness (QED) is 0.898. The molecule has 6 nitrogen and oxygen atoms in total. The Hall–Kier alpha value is -2.37. The molecule has 140 valence electrons. The second-order valence-corrected chi connectivity index (χ2v) is 7.42. The Morgan fingerprint density at radius 1 is 0.923 bits per heavy atom. The summed E-state index contributed by atoms with van der Waals surface area (Å²) in [5, 5.41) is 9.22. The lowest BCUT2D eigenvalue weighted by atomic mass is 9.92. The summed E-state index contributed by atoms with van der Waals surface area (Å²) in [5.41, 5.74) is 1.75. The molecule has 0 spiro atoms. The molecule has 0 aromatic heterocycles. The number of aliphatic carboxylic acids is 1. The summed E-state index contributed by atoms with van der Waals surface area (Å²) in [6.07, 6.45) is 2.90. The number of amides is 2. The van der Waals surface area contributed by atoms with Crippen LogP contribution in [0, 0.1) is 18.8 Å². The van der Waals surface area contributed by atoms with Gasteiger partial charge in [-0.1, -0.05) is 17.7 Å². The first-order valence-corrected chi connectivity index (χ1v) is 9.33. The summed E-state index contributed by atoms with van der Waals surface area (Å²) >= 11 is 0. The third kappa shape index (κ3) is 4.06. The summed E-state index contributed by atoms with van der Waals surface area (Å²) < 4.78 is 0. The highest BCUT2D eigenvalue weighted by molar-refractivity contribution is 5.94. The first kappa shape index (κ1) is 18.4. The van der Waals surface area contributed by atoms with Crippen molar-refractivity contribution < 1.29 is 19.5 Å². The van der Waals surface area contributed by atoms with Crippen LogP contribution in [0.1, 0.15) is 41.6 Å². The number of carbonyl (C=O) groups is 3. The fourth-order valence-electron chi connectivity index (χ4n) is 3.88. The number of rotatable bonds is 3. The van der Waals surface area contributed by atoms with Gasteiger partial charge >= 0.3 is 5.97 Å². The highest BCUT2D eigenvalue weighted by atomic mass is 16.4. The number of likely N-dealkylation sites (tertiary alicyclic amines) is 2. The number of carbonyl (C=O) groups excluding carboxylic acids is 2. The molecule has 2 amide bonds. The standard InChI is InChI=1S/C20H26N2O4/c1-14-6-8-15(9-7-14)18(23)21-10-2-4-16(12-21)19(24)22-11-3-5-17(13-22)20(25)26/h6-9,16-17H,2-5,10-13H2,1H3,(H,25,26)/t16?,17-/m0/s1. The highest BCUT2D eigenvalue weighted by Gasteiger charge is 2.35. The zero-order valence-electron chi connectivity index (χ0n) is 15.2. The van der Waals surface area contributed by atoms with E-state index in [2.05, 4.69) is 0 Å². The van der Waals surface area contributed by atoms with Crippen molar-refractivity contribution in [2.75, 3.05) is 26.2 Å². The van der Waals surface area contributed by atoms with Crippen molar-refractivity contribution in [1.29, 1.82) is 0 Å². The van der Waals surface area contributed by atoms with Crippen LogP contribution in [0.25, 0.3) is 0 Å². The Balaban J connectivity index is 1.64. The third-order valence-electron chi connectivity index (χ3n) is 5.44. The molecule has 0 aliphatic carbocycles. The van der Waals surface area contributed by atoms with Crippen molar-refractivity contribution >= 4 is 17.8 Å². The molecule has 0 radical (unpaired) electrons. The van der Waals surface area contributed by atoms with E-state index in [0.717, 1.165) is 24.8 Å². The van der Waals surface area contributed by atoms with E-state index in [1.54, 1.807) is 9.80 Å². The van der Waals surface area contributed by atoms with E-state index in [1.165, 1.54) is 0 Å². The van der Waals surface area contributed by atoms with Crippen LogP contribution in [0.2, 0.25) is 0 Å². The fraction of sp³-hybridized carbons (Fsp3) is 0.550. The third-order valence-corrected chi connectivity index (χ3v) is 5.44. The molecule has 2 aliphatic rings. The summed E-state index contributed by atoms with van der Waals surface area (Å²) in [6.45, 7) is 3.96. The maximum absolute atomic E-state index is 12.9. The molecule has 2 aliphatic heterocycles. The van der Waals surface area contributed by atoms with Crippen molar-refractivity contribution in [1.82, 2.24) is 9.80 Å². The fourth-order valence-corrected chi connectivity index (χ4v) is 3.88. The lowest BCUT2D eigenvalue weighted by Crippen LogP contribution is -2.50. The van der Waals surface area contributed by atoms with Crippen LogP contribution in [0.15, 0.2) is 24.3 Å². The summed E-state index contributed by atoms with van der Waals surface area (Å²) in [5.74, 6) is -1.57. The maximum Gasteiger partial charge on any atom is 0.308 e. The molecule has 0 bridgehead atoms. The predicted molar refractivity (Wildman–Crippen MR) is 96.7 cm³/mol. The van der Waals surface area contributed by atoms with Crippen LogP contribution < -0.4 is 0 Å². The molecule has 0 saturated carbocycles. The number of aryl methyl sites for hydroxylation is 1. The zero-order chi connectivity index (χ0) is 18.7. The number of piperidine rings is 2. The van der Waals surface area contributed by atoms with Gasteiger partial charge in [0.25, 0.3) is 5.91 Å². The largest absolute Gasteiger partial charge is 0.481 e. The van der Waals surface area contributed by atoms with Crippen molar-refractivity contribution in [3.05, 3.63) is 35.4 Å². The number of benzene rings is 1. The number of hydrogen-bond acceptors (Lipinski definition) is 3. The Kier molecular flexibility index (Phi) is 5.59. The smallest absolute Gasteiger partial charge is 0.308 e. The maximum atomic E-state index is 12.9. The van der Waals surface area contributed by atoms with Gasteiger partial charge in [-0.2, -0.15) is 0 Å². The lowest BCUT2D eigenvalue weighted by molar-refractivity contribution is -0.147. The normalized spacial score (nSPS) is 23.6. The highest BCUT2D eigenvalue weighted by Crippen LogP contribution is 2.24. The molecule has 2 atom stereocenters. The molecule has 1 unspecified atom stereocenters. The van der Waals surface area contributed by atoms with E-state index in [1.807, 2.05) is 31.2 Å². The zero-order valence-corrected chi connectivity index (χ0v) is 15.2. The Morgan fingerprint density at radius 2 is 1.50 bits per heavy atom. The second-order valence-electron chi connectivity index (χ2n) is 7.42. The molecular formula is C20H26N2O4. The molecule has 2 fully saturated rings. The van der Waals surface area contributed by atoms with Gasteiger partial charge in [-0.05, 0) is 44.7 Å². The van der Waals surface area contributed by atoms with Gasteiger partial charge in [0.2, 0.25) is 5.91 Å². The van der Waals surface area contributed by atoms with Gasteiger partial charge in [-0.3, -0.25) is 14.4 Å². The van der Waals surface area contributed by atoms with Crippen molar-refractivity contribution in [3.8, 4) is 0 Å². The second kappa shape index (κ2) is 7.89. The lowest BCUT2D eigenvalue weighted by Gasteiger charge is -2.37. The van der Waals surface area contributed by atoms with Gasteiger partial charge < -0.3 is 14.9 Å². The Bertz CT molecular complexity index is 686. The van der Waals surface area contributed by atoms with E-state index in [9.17, 15) is 19.5 Å². The molecule has 2 heterocycles. The number of carboxylic acids is 1. The van der Waals surface area contributed by atoms with Crippen LogP contribution >= 0.6 is 0 Å². The van der Waals surface area contributed by atoms with E-state index in [4.69, 9.17) is 0 Å². The van der Waals surface area contributed by atoms with Crippen molar-refractivity contribution in [3.63, 3.8) is 0 Å². The topological polar surface area (TPSA) is 77.9 Å². The molecule has 26 heavy (non-hydrogen) atoms. The first-order valence-electron chi connectivity index (χ1n) is 9.33. The minimum atomic E-state index is -0.831. The monoisotopic (exact) mass is 358 g/mol. The average Bonchev–Trinajstić information content (AvgIpc) is 2.67.